The van der Waals surface area contributed by atoms with E-state index in [9.17, 15) is 9.90 Å². The Bertz CT molecular complexity index is 483. The van der Waals surface area contributed by atoms with Gasteiger partial charge in [0.1, 0.15) is 0 Å². The molecule has 1 saturated carbocycles. The number of nitrogens with zero attached hydrogens (tertiary/aromatic N) is 1. The number of nitrogens with one attached hydrogen (secondary N) is 1. The van der Waals surface area contributed by atoms with Crippen molar-refractivity contribution < 1.29 is 9.90 Å². The largest absolute Gasteiger partial charge is 0.396 e. The van der Waals surface area contributed by atoms with E-state index in [1.807, 2.05) is 0 Å². The molecule has 1 aliphatic heterocycles. The molecule has 6 N–H and O–H groups in total. The first-order valence-electron chi connectivity index (χ1n) is 9.11. The third-order valence-corrected chi connectivity index (χ3v) is 5.32. The average Bonchev–Trinajstić information content (AvgIpc) is 2.60. The molecule has 2 fully saturated rings. The second kappa shape index (κ2) is 8.97. The monoisotopic (exact) mass is 336 g/mol. The molecule has 1 aliphatic carbocycles. The maximum absolute atomic E-state index is 12.1. The van der Waals surface area contributed by atoms with Crippen LogP contribution in [0.5, 0.6) is 0 Å². The number of likely N-dealkylation sites (tertiary alicyclic amines) is 1. The molecule has 0 aromatic heterocycles. The number of hydrogen-bond acceptors (Lipinski definition) is 5. The number of nitrogens with two attached hydrogens (primary N) is 2. The number of carbonyl (C=O) groups is 1. The molecule has 6 heteroatoms. The van der Waals surface area contributed by atoms with Crippen LogP contribution in [-0.4, -0.2) is 41.7 Å². The van der Waals surface area contributed by atoms with E-state index in [4.69, 9.17) is 11.5 Å². The number of aliphatic hydroxyl groups excluding tert-OH is 1. The summed E-state index contributed by atoms with van der Waals surface area (Å²) in [6.07, 6.45) is 9.89. The standard InChI is InChI=1S/C18H32N4O2/c1-13-11-22(10-9-14(13)12-23)17(20)8-7-16(19)18(24)21-15-5-3-2-4-6-15/h7-8,13-15,23H,2-6,9-12,19-20H2,1H3,(H,21,24)/b16-7-,17-8+. The lowest BCUT2D eigenvalue weighted by atomic mass is 9.87. The van der Waals surface area contributed by atoms with Gasteiger partial charge in [-0.2, -0.15) is 0 Å². The second-order valence-electron chi connectivity index (χ2n) is 7.18. The normalized spacial score (nSPS) is 27.2. The molecule has 1 saturated heterocycles. The number of aliphatic hydroxyl groups is 1. The minimum Gasteiger partial charge on any atom is -0.396 e. The highest BCUT2D eigenvalue weighted by molar-refractivity contribution is 5.92. The molecule has 24 heavy (non-hydrogen) atoms. The third kappa shape index (κ3) is 5.16. The van der Waals surface area contributed by atoms with Crippen molar-refractivity contribution in [2.75, 3.05) is 19.7 Å². The number of carbonyl (C=O) groups excluding carboxylic acids is 1. The molecule has 0 aromatic carbocycles. The van der Waals surface area contributed by atoms with Crippen LogP contribution in [0.1, 0.15) is 45.4 Å². The molecule has 2 aliphatic rings. The van der Waals surface area contributed by atoms with E-state index < -0.39 is 0 Å². The van der Waals surface area contributed by atoms with E-state index >= 15 is 0 Å². The van der Waals surface area contributed by atoms with E-state index in [-0.39, 0.29) is 24.3 Å². The second-order valence-corrected chi connectivity index (χ2v) is 7.18. The summed E-state index contributed by atoms with van der Waals surface area (Å²) in [5.74, 6) is 1.15. The molecule has 2 unspecified atom stereocenters. The predicted molar refractivity (Wildman–Crippen MR) is 95.5 cm³/mol. The van der Waals surface area contributed by atoms with Gasteiger partial charge < -0.3 is 26.8 Å². The summed E-state index contributed by atoms with van der Waals surface area (Å²) in [5.41, 5.74) is 12.2. The molecule has 2 atom stereocenters. The van der Waals surface area contributed by atoms with Crippen LogP contribution in [-0.2, 0) is 4.79 Å². The van der Waals surface area contributed by atoms with Crippen LogP contribution >= 0.6 is 0 Å². The summed E-state index contributed by atoms with van der Waals surface area (Å²) >= 11 is 0. The van der Waals surface area contributed by atoms with Crippen LogP contribution in [0, 0.1) is 11.8 Å². The molecule has 0 aromatic rings. The van der Waals surface area contributed by atoms with Crippen molar-refractivity contribution in [1.29, 1.82) is 0 Å². The van der Waals surface area contributed by atoms with Gasteiger partial charge in [0.15, 0.2) is 0 Å². The van der Waals surface area contributed by atoms with Gasteiger partial charge in [0.05, 0.1) is 11.5 Å². The smallest absolute Gasteiger partial charge is 0.267 e. The van der Waals surface area contributed by atoms with Crippen molar-refractivity contribution in [3.63, 3.8) is 0 Å². The van der Waals surface area contributed by atoms with Crippen molar-refractivity contribution in [1.82, 2.24) is 10.2 Å². The number of amides is 1. The fourth-order valence-corrected chi connectivity index (χ4v) is 3.57. The maximum atomic E-state index is 12.1. The fraction of sp³-hybridized carbons (Fsp3) is 0.722. The quantitative estimate of drug-likeness (QED) is 0.443. The summed E-state index contributed by atoms with van der Waals surface area (Å²) in [6, 6.07) is 0.248. The van der Waals surface area contributed by atoms with Gasteiger partial charge in [0.25, 0.3) is 5.91 Å². The lowest BCUT2D eigenvalue weighted by Gasteiger charge is -2.37. The van der Waals surface area contributed by atoms with E-state index in [2.05, 4.69) is 17.1 Å². The molecule has 0 bridgehead atoms. The van der Waals surface area contributed by atoms with Gasteiger partial charge in [-0.15, -0.1) is 0 Å². The van der Waals surface area contributed by atoms with Gasteiger partial charge in [-0.3, -0.25) is 4.79 Å². The molecule has 6 nitrogen and oxygen atoms in total. The van der Waals surface area contributed by atoms with Gasteiger partial charge in [0, 0.05) is 25.7 Å². The highest BCUT2D eigenvalue weighted by Crippen LogP contribution is 2.24. The number of rotatable bonds is 5. The zero-order valence-corrected chi connectivity index (χ0v) is 14.7. The summed E-state index contributed by atoms with van der Waals surface area (Å²) in [7, 11) is 0. The van der Waals surface area contributed by atoms with Crippen LogP contribution < -0.4 is 16.8 Å². The van der Waals surface area contributed by atoms with E-state index in [0.29, 0.717) is 17.7 Å². The van der Waals surface area contributed by atoms with Crippen LogP contribution in [0.25, 0.3) is 0 Å². The SMILES string of the molecule is CC1CN(/C(N)=C/C=C(\N)C(=O)NC2CCCCC2)CCC1CO. The molecular formula is C18H32N4O2. The number of piperidine rings is 1. The van der Waals surface area contributed by atoms with Crippen LogP contribution in [0.4, 0.5) is 0 Å². The van der Waals surface area contributed by atoms with E-state index in [1.54, 1.807) is 12.2 Å². The molecule has 0 spiro atoms. The van der Waals surface area contributed by atoms with Gasteiger partial charge in [-0.25, -0.2) is 0 Å². The lowest BCUT2D eigenvalue weighted by Crippen LogP contribution is -2.41. The van der Waals surface area contributed by atoms with Gasteiger partial charge in [0.2, 0.25) is 0 Å². The summed E-state index contributed by atoms with van der Waals surface area (Å²) < 4.78 is 0. The molecule has 1 amide bonds. The Balaban J connectivity index is 1.87. The van der Waals surface area contributed by atoms with Crippen molar-refractivity contribution in [2.45, 2.75) is 51.5 Å². The van der Waals surface area contributed by atoms with Gasteiger partial charge >= 0.3 is 0 Å². The topological polar surface area (TPSA) is 105 Å². The first-order chi connectivity index (χ1) is 11.5. The zero-order valence-electron chi connectivity index (χ0n) is 14.7. The summed E-state index contributed by atoms with van der Waals surface area (Å²) in [4.78, 5) is 14.2. The average molecular weight is 336 g/mol. The first kappa shape index (κ1) is 18.6. The first-order valence-corrected chi connectivity index (χ1v) is 9.11. The summed E-state index contributed by atoms with van der Waals surface area (Å²) in [6.45, 7) is 3.99. The number of hydrogen-bond donors (Lipinski definition) is 4. The Labute approximate surface area is 144 Å². The highest BCUT2D eigenvalue weighted by atomic mass is 16.3. The number of allylic oxidation sites excluding steroid dienone is 2. The molecule has 1 heterocycles. The predicted octanol–water partition coefficient (Wildman–Crippen LogP) is 1.03. The molecule has 136 valence electrons. The Morgan fingerprint density at radius 2 is 1.92 bits per heavy atom. The zero-order chi connectivity index (χ0) is 17.5. The Morgan fingerprint density at radius 3 is 2.54 bits per heavy atom. The Kier molecular flexibility index (Phi) is 6.97. The van der Waals surface area contributed by atoms with E-state index in [0.717, 1.165) is 32.4 Å². The Hall–Kier alpha value is -1.69. The van der Waals surface area contributed by atoms with Crippen LogP contribution in [0.15, 0.2) is 23.7 Å². The van der Waals surface area contributed by atoms with Crippen molar-refractivity contribution in [3.05, 3.63) is 23.7 Å². The molecule has 2 rings (SSSR count). The molecule has 0 radical (unpaired) electrons. The Morgan fingerprint density at radius 1 is 1.21 bits per heavy atom. The van der Waals surface area contributed by atoms with Crippen LogP contribution in [0.3, 0.4) is 0 Å². The highest BCUT2D eigenvalue weighted by Gasteiger charge is 2.25. The van der Waals surface area contributed by atoms with Crippen molar-refractivity contribution >= 4 is 5.91 Å². The minimum absolute atomic E-state index is 0.196. The van der Waals surface area contributed by atoms with Crippen LogP contribution in [0.2, 0.25) is 0 Å². The maximum Gasteiger partial charge on any atom is 0.267 e. The van der Waals surface area contributed by atoms with Crippen molar-refractivity contribution in [2.24, 2.45) is 23.3 Å². The van der Waals surface area contributed by atoms with Gasteiger partial charge in [-0.1, -0.05) is 26.2 Å². The third-order valence-electron chi connectivity index (χ3n) is 5.32. The summed E-state index contributed by atoms with van der Waals surface area (Å²) in [5, 5.41) is 12.3. The fourth-order valence-electron chi connectivity index (χ4n) is 3.57. The van der Waals surface area contributed by atoms with Crippen molar-refractivity contribution in [3.8, 4) is 0 Å². The van der Waals surface area contributed by atoms with Gasteiger partial charge in [-0.05, 0) is 43.3 Å². The minimum atomic E-state index is -0.210. The molecular weight excluding hydrogens is 304 g/mol. The van der Waals surface area contributed by atoms with E-state index in [1.165, 1.54) is 19.3 Å². The lowest BCUT2D eigenvalue weighted by molar-refractivity contribution is -0.118.